The van der Waals surface area contributed by atoms with E-state index < -0.39 is 0 Å². The molecular formula is C49H33N. The number of hydrogen-bond acceptors (Lipinski definition) is 1. The molecule has 234 valence electrons. The van der Waals surface area contributed by atoms with Crippen LogP contribution in [0, 0.1) is 0 Å². The van der Waals surface area contributed by atoms with Crippen molar-refractivity contribution in [3.63, 3.8) is 0 Å². The van der Waals surface area contributed by atoms with E-state index in [0.29, 0.717) is 0 Å². The third-order valence-corrected chi connectivity index (χ3v) is 10.6. The van der Waals surface area contributed by atoms with Crippen molar-refractivity contribution in [2.45, 2.75) is 12.3 Å². The first kappa shape index (κ1) is 28.7. The third kappa shape index (κ3) is 4.59. The fraction of sp³-hybridized carbons (Fsp3) is 0.0408. The Kier molecular flexibility index (Phi) is 6.70. The molecule has 50 heavy (non-hydrogen) atoms. The van der Waals surface area contributed by atoms with Crippen molar-refractivity contribution in [1.29, 1.82) is 0 Å². The Morgan fingerprint density at radius 2 is 1.10 bits per heavy atom. The van der Waals surface area contributed by atoms with E-state index in [2.05, 4.69) is 182 Å². The maximum atomic E-state index is 5.46. The van der Waals surface area contributed by atoms with Crippen LogP contribution in [0.15, 0.2) is 182 Å². The van der Waals surface area contributed by atoms with Crippen LogP contribution in [0.2, 0.25) is 0 Å². The molecule has 7 aromatic carbocycles. The van der Waals surface area contributed by atoms with E-state index in [1.54, 1.807) is 0 Å². The predicted molar refractivity (Wildman–Crippen MR) is 212 cm³/mol. The molecule has 0 fully saturated rings. The summed E-state index contributed by atoms with van der Waals surface area (Å²) in [6.07, 6.45) is 10.2. The number of aromatic nitrogens is 1. The van der Waals surface area contributed by atoms with Gasteiger partial charge in [0, 0.05) is 11.5 Å². The van der Waals surface area contributed by atoms with Gasteiger partial charge in [0.25, 0.3) is 0 Å². The second-order valence-electron chi connectivity index (χ2n) is 13.4. The molecule has 2 aliphatic carbocycles. The number of benzene rings is 7. The van der Waals surface area contributed by atoms with E-state index in [1.807, 2.05) is 0 Å². The lowest BCUT2D eigenvalue weighted by molar-refractivity contribution is 0.811. The van der Waals surface area contributed by atoms with Crippen molar-refractivity contribution in [2.24, 2.45) is 0 Å². The molecule has 10 rings (SSSR count). The highest BCUT2D eigenvalue weighted by Gasteiger charge is 2.33. The summed E-state index contributed by atoms with van der Waals surface area (Å²) in [4.78, 5) is 5.46. The molecule has 0 N–H and O–H groups in total. The van der Waals surface area contributed by atoms with Crippen LogP contribution in [-0.4, -0.2) is 4.98 Å². The smallest absolute Gasteiger partial charge is 0.0715 e. The van der Waals surface area contributed by atoms with E-state index in [1.165, 1.54) is 76.8 Å². The molecule has 1 nitrogen and oxygen atoms in total. The second kappa shape index (κ2) is 11.7. The average Bonchev–Trinajstić information content (AvgIpc) is 3.19. The molecule has 0 bridgehead atoms. The van der Waals surface area contributed by atoms with Crippen molar-refractivity contribution in [1.82, 2.24) is 4.98 Å². The number of nitrogens with zero attached hydrogens (tertiary/aromatic N) is 1. The van der Waals surface area contributed by atoms with Gasteiger partial charge in [0.05, 0.1) is 11.4 Å². The Hall–Kier alpha value is -6.31. The van der Waals surface area contributed by atoms with E-state index >= 15 is 0 Å². The summed E-state index contributed by atoms with van der Waals surface area (Å²) in [7, 11) is 0. The minimum atomic E-state index is 0.195. The number of pyridine rings is 1. The second-order valence-corrected chi connectivity index (χ2v) is 13.4. The molecule has 1 aromatic heterocycles. The maximum absolute atomic E-state index is 5.46. The molecule has 1 heterocycles. The summed E-state index contributed by atoms with van der Waals surface area (Å²) in [6.45, 7) is 0. The van der Waals surface area contributed by atoms with Crippen LogP contribution < -0.4 is 0 Å². The standard InChI is InChI=1S/C49H33N/c1-3-16-33(17-4-1)43-30-45(34-18-5-2-6-19-34)50-46-31-44(37-21-9-10-22-38(37)49(43)46)48-41-25-13-11-23-39(41)47(40-24-12-14-26-42(40)48)36-28-27-32-15-7-8-20-35(32)29-36/h1-21,23-31,38H,22H2. The van der Waals surface area contributed by atoms with Gasteiger partial charge in [-0.2, -0.15) is 0 Å². The summed E-state index contributed by atoms with van der Waals surface area (Å²) in [6, 6.07) is 57.3. The highest BCUT2D eigenvalue weighted by molar-refractivity contribution is 6.22. The van der Waals surface area contributed by atoms with Crippen LogP contribution >= 0.6 is 0 Å². The number of fused-ring (bicyclic) bond motifs is 6. The van der Waals surface area contributed by atoms with Crippen LogP contribution in [0.4, 0.5) is 0 Å². The molecule has 2 aliphatic rings. The topological polar surface area (TPSA) is 12.9 Å². The van der Waals surface area contributed by atoms with Gasteiger partial charge in [0.1, 0.15) is 0 Å². The molecule has 1 heteroatoms. The van der Waals surface area contributed by atoms with Crippen molar-refractivity contribution < 1.29 is 0 Å². The first-order valence-electron chi connectivity index (χ1n) is 17.5. The summed E-state index contributed by atoms with van der Waals surface area (Å²) < 4.78 is 0. The quantitative estimate of drug-likeness (QED) is 0.175. The zero-order valence-corrected chi connectivity index (χ0v) is 27.6. The molecule has 0 radical (unpaired) electrons. The largest absolute Gasteiger partial charge is 0.248 e. The summed E-state index contributed by atoms with van der Waals surface area (Å²) in [5.41, 5.74) is 13.4. The molecule has 1 atom stereocenters. The van der Waals surface area contributed by atoms with Crippen molar-refractivity contribution in [3.8, 4) is 33.5 Å². The van der Waals surface area contributed by atoms with Crippen LogP contribution in [0.25, 0.3) is 77.5 Å². The Morgan fingerprint density at radius 1 is 0.500 bits per heavy atom. The SMILES string of the molecule is C1=CCC2C(=C1)C(c1c3ccccc3c(-c3ccc4ccccc4c3)c3ccccc13)=Cc1nc(-c3ccccc3)cc(-c3ccccc3)c12. The normalized spacial score (nSPS) is 15.1. The Morgan fingerprint density at radius 3 is 1.80 bits per heavy atom. The van der Waals surface area contributed by atoms with Gasteiger partial charge in [0.15, 0.2) is 0 Å². The van der Waals surface area contributed by atoms with Crippen molar-refractivity contribution in [3.05, 3.63) is 198 Å². The van der Waals surface area contributed by atoms with E-state index in [4.69, 9.17) is 4.98 Å². The third-order valence-electron chi connectivity index (χ3n) is 10.6. The Bertz CT molecular complexity index is 2650. The summed E-state index contributed by atoms with van der Waals surface area (Å²) >= 11 is 0. The van der Waals surface area contributed by atoms with Gasteiger partial charge in [-0.15, -0.1) is 0 Å². The van der Waals surface area contributed by atoms with E-state index in [-0.39, 0.29) is 5.92 Å². The first-order chi connectivity index (χ1) is 24.8. The number of hydrogen-bond donors (Lipinski definition) is 0. The van der Waals surface area contributed by atoms with Crippen LogP contribution in [0.1, 0.15) is 29.2 Å². The lowest BCUT2D eigenvalue weighted by atomic mass is 9.71. The van der Waals surface area contributed by atoms with Gasteiger partial charge in [-0.1, -0.05) is 164 Å². The average molecular weight is 636 g/mol. The highest BCUT2D eigenvalue weighted by atomic mass is 14.7. The Balaban J connectivity index is 1.29. The minimum Gasteiger partial charge on any atom is -0.248 e. The zero-order valence-electron chi connectivity index (χ0n) is 27.6. The molecule has 0 aliphatic heterocycles. The fourth-order valence-corrected chi connectivity index (χ4v) is 8.36. The molecule has 1 unspecified atom stereocenters. The lowest BCUT2D eigenvalue weighted by Crippen LogP contribution is -2.15. The van der Waals surface area contributed by atoms with Crippen LogP contribution in [0.5, 0.6) is 0 Å². The monoisotopic (exact) mass is 635 g/mol. The fourth-order valence-electron chi connectivity index (χ4n) is 8.36. The highest BCUT2D eigenvalue weighted by Crippen LogP contribution is 2.52. The molecule has 0 saturated heterocycles. The minimum absolute atomic E-state index is 0.195. The van der Waals surface area contributed by atoms with Gasteiger partial charge < -0.3 is 0 Å². The zero-order chi connectivity index (χ0) is 33.0. The van der Waals surface area contributed by atoms with Crippen LogP contribution in [-0.2, 0) is 0 Å². The summed E-state index contributed by atoms with van der Waals surface area (Å²) in [5.74, 6) is 0.195. The number of allylic oxidation sites excluding steroid dienone is 5. The molecule has 0 saturated carbocycles. The first-order valence-corrected chi connectivity index (χ1v) is 17.5. The van der Waals surface area contributed by atoms with Gasteiger partial charge >= 0.3 is 0 Å². The molecule has 0 amide bonds. The Labute approximate surface area is 292 Å². The van der Waals surface area contributed by atoms with Gasteiger partial charge in [-0.3, -0.25) is 0 Å². The molecular weight excluding hydrogens is 603 g/mol. The van der Waals surface area contributed by atoms with Gasteiger partial charge in [-0.25, -0.2) is 4.98 Å². The maximum Gasteiger partial charge on any atom is 0.0715 e. The van der Waals surface area contributed by atoms with Crippen molar-refractivity contribution in [2.75, 3.05) is 0 Å². The predicted octanol–water partition coefficient (Wildman–Crippen LogP) is 13.1. The summed E-state index contributed by atoms with van der Waals surface area (Å²) in [5, 5.41) is 7.57. The molecule has 8 aromatic rings. The lowest BCUT2D eigenvalue weighted by Gasteiger charge is -2.33. The molecule has 0 spiro atoms. The van der Waals surface area contributed by atoms with Crippen molar-refractivity contribution >= 4 is 44.0 Å². The van der Waals surface area contributed by atoms with Gasteiger partial charge in [0.2, 0.25) is 0 Å². The van der Waals surface area contributed by atoms with E-state index in [9.17, 15) is 0 Å². The number of rotatable bonds is 4. The van der Waals surface area contributed by atoms with Gasteiger partial charge in [-0.05, 0) is 101 Å². The van der Waals surface area contributed by atoms with Crippen LogP contribution in [0.3, 0.4) is 0 Å². The van der Waals surface area contributed by atoms with E-state index in [0.717, 1.165) is 23.4 Å².